The van der Waals surface area contributed by atoms with Crippen LogP contribution in [0.25, 0.3) is 5.57 Å². The molecular weight excluding hydrogens is 432 g/mol. The molecule has 4 rings (SSSR count). The van der Waals surface area contributed by atoms with Crippen molar-refractivity contribution in [1.82, 2.24) is 10.2 Å². The Balaban J connectivity index is 1.51. The highest BCUT2D eigenvalue weighted by atomic mass is 19.1. The highest BCUT2D eigenvalue weighted by Crippen LogP contribution is 2.41. The van der Waals surface area contributed by atoms with Crippen LogP contribution in [0.1, 0.15) is 38.7 Å². The Morgan fingerprint density at radius 3 is 2.67 bits per heavy atom. The van der Waals surface area contributed by atoms with Crippen molar-refractivity contribution in [3.05, 3.63) is 47.4 Å². The fourth-order valence-corrected chi connectivity index (χ4v) is 4.59. The smallest absolute Gasteiger partial charge is 0.414 e. The molecule has 1 aromatic carbocycles. The van der Waals surface area contributed by atoms with Crippen molar-refractivity contribution in [1.29, 1.82) is 0 Å². The number of amides is 2. The minimum absolute atomic E-state index is 0.0613. The lowest BCUT2D eigenvalue weighted by molar-refractivity contribution is -0.119. The summed E-state index contributed by atoms with van der Waals surface area (Å²) in [4.78, 5) is 26.7. The van der Waals surface area contributed by atoms with E-state index < -0.39 is 23.7 Å². The van der Waals surface area contributed by atoms with Gasteiger partial charge in [-0.05, 0) is 49.1 Å². The first-order valence-electron chi connectivity index (χ1n) is 11.2. The van der Waals surface area contributed by atoms with E-state index in [2.05, 4.69) is 5.32 Å². The van der Waals surface area contributed by atoms with Crippen molar-refractivity contribution in [2.45, 2.75) is 51.0 Å². The molecule has 1 unspecified atom stereocenters. The van der Waals surface area contributed by atoms with Crippen molar-refractivity contribution < 1.29 is 28.2 Å². The number of cyclic esters (lactones) is 1. The van der Waals surface area contributed by atoms with Gasteiger partial charge in [0.1, 0.15) is 17.6 Å². The highest BCUT2D eigenvalue weighted by Gasteiger charge is 2.40. The number of alkyl halides is 1. The summed E-state index contributed by atoms with van der Waals surface area (Å²) < 4.78 is 35.9. The molecule has 1 aromatic rings. The monoisotopic (exact) mass is 461 g/mol. The molecule has 178 valence electrons. The molecule has 0 spiro atoms. The van der Waals surface area contributed by atoms with Crippen LogP contribution >= 0.6 is 0 Å². The number of nitrogens with zero attached hydrogens (tertiary/aromatic N) is 2. The zero-order valence-electron chi connectivity index (χ0n) is 18.8. The van der Waals surface area contributed by atoms with Gasteiger partial charge >= 0.3 is 6.09 Å². The van der Waals surface area contributed by atoms with Crippen molar-refractivity contribution in [2.24, 2.45) is 0 Å². The minimum Gasteiger partial charge on any atom is -0.442 e. The molecule has 2 N–H and O–H groups in total. The summed E-state index contributed by atoms with van der Waals surface area (Å²) >= 11 is 0. The van der Waals surface area contributed by atoms with Gasteiger partial charge in [0.15, 0.2) is 0 Å². The Morgan fingerprint density at radius 1 is 1.30 bits per heavy atom. The van der Waals surface area contributed by atoms with Gasteiger partial charge in [-0.2, -0.15) is 0 Å². The SMILES string of the molecule is CC(=O)NC[C@H]1CN(C2=CC=C(c3ccc(N4CCC(O)CC4)c(F)c3)C(C)(F)C2)C(=O)O1. The molecule has 2 atom stereocenters. The molecule has 7 nitrogen and oxygen atoms in total. The number of ether oxygens (including phenoxy) is 1. The second kappa shape index (κ2) is 9.13. The number of allylic oxidation sites excluding steroid dienone is 4. The first-order valence-corrected chi connectivity index (χ1v) is 11.2. The van der Waals surface area contributed by atoms with E-state index in [1.54, 1.807) is 24.3 Å². The molecule has 3 aliphatic rings. The van der Waals surface area contributed by atoms with Crippen molar-refractivity contribution in [2.75, 3.05) is 31.1 Å². The van der Waals surface area contributed by atoms with Crippen molar-refractivity contribution in [3.8, 4) is 0 Å². The van der Waals surface area contributed by atoms with E-state index >= 15 is 4.39 Å². The van der Waals surface area contributed by atoms with Gasteiger partial charge in [-0.1, -0.05) is 12.1 Å². The van der Waals surface area contributed by atoms with Gasteiger partial charge < -0.3 is 20.1 Å². The largest absolute Gasteiger partial charge is 0.442 e. The van der Waals surface area contributed by atoms with E-state index in [0.717, 1.165) is 0 Å². The third kappa shape index (κ3) is 5.03. The average Bonchev–Trinajstić information content (AvgIpc) is 3.13. The minimum atomic E-state index is -1.82. The number of rotatable bonds is 5. The van der Waals surface area contributed by atoms with Crippen LogP contribution in [0.15, 0.2) is 36.0 Å². The molecule has 33 heavy (non-hydrogen) atoms. The van der Waals surface area contributed by atoms with Crippen LogP contribution in [0.3, 0.4) is 0 Å². The zero-order chi connectivity index (χ0) is 23.8. The molecule has 2 aliphatic heterocycles. The summed E-state index contributed by atoms with van der Waals surface area (Å²) in [5.74, 6) is -0.652. The Kier molecular flexibility index (Phi) is 6.43. The maximum atomic E-state index is 15.7. The number of piperidine rings is 1. The summed E-state index contributed by atoms with van der Waals surface area (Å²) in [6, 6.07) is 4.71. The fourth-order valence-electron chi connectivity index (χ4n) is 4.59. The Labute approximate surface area is 191 Å². The second-order valence-corrected chi connectivity index (χ2v) is 9.05. The van der Waals surface area contributed by atoms with Crippen molar-refractivity contribution >= 4 is 23.3 Å². The van der Waals surface area contributed by atoms with Gasteiger partial charge in [-0.3, -0.25) is 9.69 Å². The lowest BCUT2D eigenvalue weighted by Crippen LogP contribution is -2.36. The molecule has 0 saturated carbocycles. The molecular formula is C24H29F2N3O4. The molecule has 0 aromatic heterocycles. The number of carbonyl (C=O) groups is 2. The van der Waals surface area contributed by atoms with Gasteiger partial charge in [-0.25, -0.2) is 13.6 Å². The van der Waals surface area contributed by atoms with Crippen LogP contribution in [0, 0.1) is 5.82 Å². The van der Waals surface area contributed by atoms with E-state index in [-0.39, 0.29) is 31.5 Å². The number of halogens is 2. The van der Waals surface area contributed by atoms with Crippen LogP contribution in [0.5, 0.6) is 0 Å². The second-order valence-electron chi connectivity index (χ2n) is 9.05. The molecule has 2 amide bonds. The van der Waals surface area contributed by atoms with Crippen molar-refractivity contribution in [3.63, 3.8) is 0 Å². The number of aliphatic hydroxyl groups excluding tert-OH is 1. The molecule has 0 bridgehead atoms. The zero-order valence-corrected chi connectivity index (χ0v) is 18.8. The van der Waals surface area contributed by atoms with Crippen LogP contribution in [0.2, 0.25) is 0 Å². The maximum Gasteiger partial charge on any atom is 0.414 e. The topological polar surface area (TPSA) is 82.1 Å². The van der Waals surface area contributed by atoms with Crippen LogP contribution < -0.4 is 10.2 Å². The highest BCUT2D eigenvalue weighted by molar-refractivity contribution is 5.78. The lowest BCUT2D eigenvalue weighted by atomic mass is 9.83. The molecule has 2 heterocycles. The van der Waals surface area contributed by atoms with E-state index in [1.807, 2.05) is 4.90 Å². The van der Waals surface area contributed by atoms with Crippen LogP contribution in [-0.4, -0.2) is 66.1 Å². The Morgan fingerprint density at radius 2 is 2.03 bits per heavy atom. The van der Waals surface area contributed by atoms with E-state index in [1.165, 1.54) is 24.8 Å². The van der Waals surface area contributed by atoms with E-state index in [0.29, 0.717) is 48.5 Å². The molecule has 2 fully saturated rings. The van der Waals surface area contributed by atoms with Gasteiger partial charge in [0, 0.05) is 32.1 Å². The first-order chi connectivity index (χ1) is 15.6. The summed E-state index contributed by atoms with van der Waals surface area (Å²) in [5.41, 5.74) is -0.107. The third-order valence-corrected chi connectivity index (χ3v) is 6.38. The fraction of sp³-hybridized carbons (Fsp3) is 0.500. The van der Waals surface area contributed by atoms with E-state index in [9.17, 15) is 19.1 Å². The number of hydrogen-bond acceptors (Lipinski definition) is 5. The normalized spacial score (nSPS) is 26.1. The number of nitrogens with one attached hydrogen (secondary N) is 1. The lowest BCUT2D eigenvalue weighted by Gasteiger charge is -2.33. The predicted molar refractivity (Wildman–Crippen MR) is 120 cm³/mol. The van der Waals surface area contributed by atoms with Gasteiger partial charge in [0.05, 0.1) is 24.9 Å². The number of benzene rings is 1. The number of aliphatic hydroxyl groups is 1. The Bertz CT molecular complexity index is 999. The summed E-state index contributed by atoms with van der Waals surface area (Å²) in [6.45, 7) is 4.35. The van der Waals surface area contributed by atoms with Crippen LogP contribution in [0.4, 0.5) is 19.3 Å². The molecule has 1 aliphatic carbocycles. The first kappa shape index (κ1) is 23.2. The van der Waals surface area contributed by atoms with Gasteiger partial charge in [0.25, 0.3) is 0 Å². The molecule has 9 heteroatoms. The summed E-state index contributed by atoms with van der Waals surface area (Å²) in [6.07, 6.45) is 2.93. The van der Waals surface area contributed by atoms with E-state index in [4.69, 9.17) is 4.74 Å². The molecule has 0 radical (unpaired) electrons. The standard InChI is InChI=1S/C24H29F2N3O4/c1-15(30)27-13-19-14-29(23(32)33-19)17-4-5-20(24(2,26)12-17)16-3-6-22(21(25)11-16)28-9-7-18(31)8-10-28/h3-6,11,18-19,31H,7-10,12-14H2,1-2H3,(H,27,30)/t19-,24?/m0/s1. The van der Waals surface area contributed by atoms with Gasteiger partial charge in [-0.15, -0.1) is 0 Å². The summed E-state index contributed by atoms with van der Waals surface area (Å²) in [5, 5.41) is 12.3. The quantitative estimate of drug-likeness (QED) is 0.704. The Hall–Kier alpha value is -2.94. The maximum absolute atomic E-state index is 15.7. The number of hydrogen-bond donors (Lipinski definition) is 2. The predicted octanol–water partition coefficient (Wildman–Crippen LogP) is 3.14. The van der Waals surface area contributed by atoms with Crippen LogP contribution in [-0.2, 0) is 9.53 Å². The number of anilines is 1. The molecule has 2 saturated heterocycles. The number of carbonyl (C=O) groups excluding carboxylic acids is 2. The van der Waals surface area contributed by atoms with Gasteiger partial charge in [0.2, 0.25) is 5.91 Å². The summed E-state index contributed by atoms with van der Waals surface area (Å²) in [7, 11) is 0. The third-order valence-electron chi connectivity index (χ3n) is 6.38. The average molecular weight is 462 g/mol.